The number of anilines is 1. The number of ether oxygens (including phenoxy) is 1. The molecule has 0 aliphatic rings. The largest absolute Gasteiger partial charge is 0.495 e. The molecule has 2 N–H and O–H groups in total. The Morgan fingerprint density at radius 1 is 1.56 bits per heavy atom. The lowest BCUT2D eigenvalue weighted by Crippen LogP contribution is -2.02. The minimum Gasteiger partial charge on any atom is -0.495 e. The summed E-state index contributed by atoms with van der Waals surface area (Å²) in [6.07, 6.45) is 1.65. The highest BCUT2D eigenvalue weighted by molar-refractivity contribution is 6.32. The fraction of sp³-hybridized carbons (Fsp3) is 0.167. The molecule has 1 heterocycles. The Balaban J connectivity index is 2.27. The predicted octanol–water partition coefficient (Wildman–Crippen LogP) is 2.05. The van der Waals surface area contributed by atoms with Crippen LogP contribution in [0.2, 0.25) is 5.02 Å². The van der Waals surface area contributed by atoms with Gasteiger partial charge >= 0.3 is 0 Å². The van der Waals surface area contributed by atoms with Gasteiger partial charge in [-0.25, -0.2) is 0 Å². The number of nitriles is 1. The summed E-state index contributed by atoms with van der Waals surface area (Å²) in [5.41, 5.74) is 6.97. The van der Waals surface area contributed by atoms with E-state index in [1.807, 2.05) is 6.07 Å². The molecule has 1 aromatic heterocycles. The van der Waals surface area contributed by atoms with Gasteiger partial charge in [-0.3, -0.25) is 4.68 Å². The van der Waals surface area contributed by atoms with Crippen molar-refractivity contribution >= 4 is 17.4 Å². The molecule has 5 nitrogen and oxygen atoms in total. The SMILES string of the molecule is COc1ccc(Cn2cc(Cl)c(N)n2)cc1C#N. The number of methoxy groups -OCH3 is 1. The van der Waals surface area contributed by atoms with E-state index in [4.69, 9.17) is 27.3 Å². The van der Waals surface area contributed by atoms with E-state index in [-0.39, 0.29) is 0 Å². The molecule has 92 valence electrons. The van der Waals surface area contributed by atoms with Crippen molar-refractivity contribution in [3.63, 3.8) is 0 Å². The van der Waals surface area contributed by atoms with Crippen molar-refractivity contribution in [1.82, 2.24) is 9.78 Å². The summed E-state index contributed by atoms with van der Waals surface area (Å²) in [4.78, 5) is 0. The lowest BCUT2D eigenvalue weighted by molar-refractivity contribution is 0.413. The van der Waals surface area contributed by atoms with E-state index in [9.17, 15) is 0 Å². The molecule has 0 amide bonds. The van der Waals surface area contributed by atoms with Crippen molar-refractivity contribution < 1.29 is 4.74 Å². The summed E-state index contributed by atoms with van der Waals surface area (Å²) in [7, 11) is 1.53. The Hall–Kier alpha value is -2.19. The van der Waals surface area contributed by atoms with E-state index in [1.54, 1.807) is 23.0 Å². The highest BCUT2D eigenvalue weighted by Gasteiger charge is 2.06. The molecule has 0 unspecified atom stereocenters. The van der Waals surface area contributed by atoms with Gasteiger partial charge in [-0.15, -0.1) is 0 Å². The highest BCUT2D eigenvalue weighted by Crippen LogP contribution is 2.20. The third kappa shape index (κ3) is 2.39. The summed E-state index contributed by atoms with van der Waals surface area (Å²) in [6.45, 7) is 0.496. The number of nitrogens with zero attached hydrogens (tertiary/aromatic N) is 3. The van der Waals surface area contributed by atoms with Crippen molar-refractivity contribution in [2.45, 2.75) is 6.54 Å². The zero-order chi connectivity index (χ0) is 13.1. The van der Waals surface area contributed by atoms with Crippen LogP contribution in [0.1, 0.15) is 11.1 Å². The van der Waals surface area contributed by atoms with E-state index >= 15 is 0 Å². The molecule has 2 rings (SSSR count). The van der Waals surface area contributed by atoms with Crippen LogP contribution in [0.5, 0.6) is 5.75 Å². The number of hydrogen-bond donors (Lipinski definition) is 1. The van der Waals surface area contributed by atoms with Crippen molar-refractivity contribution in [2.75, 3.05) is 12.8 Å². The zero-order valence-electron chi connectivity index (χ0n) is 9.72. The molecule has 2 aromatic rings. The third-order valence-electron chi connectivity index (χ3n) is 2.47. The van der Waals surface area contributed by atoms with E-state index in [0.717, 1.165) is 5.56 Å². The van der Waals surface area contributed by atoms with Crippen LogP contribution in [0.3, 0.4) is 0 Å². The number of aromatic nitrogens is 2. The van der Waals surface area contributed by atoms with Gasteiger partial charge in [0.05, 0.1) is 19.2 Å². The highest BCUT2D eigenvalue weighted by atomic mass is 35.5. The second-order valence-corrected chi connectivity index (χ2v) is 4.11. The number of benzene rings is 1. The Kier molecular flexibility index (Phi) is 3.40. The average Bonchev–Trinajstić information content (AvgIpc) is 2.68. The van der Waals surface area contributed by atoms with E-state index < -0.39 is 0 Å². The van der Waals surface area contributed by atoms with Crippen LogP contribution in [0.15, 0.2) is 24.4 Å². The molecule has 0 aliphatic carbocycles. The number of nitrogen functional groups attached to an aromatic ring is 1. The number of rotatable bonds is 3. The molecule has 0 atom stereocenters. The van der Waals surface area contributed by atoms with Crippen molar-refractivity contribution in [1.29, 1.82) is 5.26 Å². The van der Waals surface area contributed by atoms with Gasteiger partial charge in [0.25, 0.3) is 0 Å². The normalized spacial score (nSPS) is 10.1. The molecular weight excluding hydrogens is 252 g/mol. The minimum atomic E-state index is 0.297. The van der Waals surface area contributed by atoms with Crippen molar-refractivity contribution in [3.05, 3.63) is 40.5 Å². The summed E-state index contributed by atoms with van der Waals surface area (Å²) < 4.78 is 6.70. The number of halogens is 1. The van der Waals surface area contributed by atoms with Gasteiger partial charge in [-0.1, -0.05) is 17.7 Å². The lowest BCUT2D eigenvalue weighted by atomic mass is 10.1. The standard InChI is InChI=1S/C12H11ClN4O/c1-18-11-3-2-8(4-9(11)5-14)6-17-7-10(13)12(15)16-17/h2-4,7H,6H2,1H3,(H2,15,16). The first-order valence-electron chi connectivity index (χ1n) is 5.19. The number of hydrogen-bond acceptors (Lipinski definition) is 4. The van der Waals surface area contributed by atoms with E-state index in [1.165, 1.54) is 7.11 Å². The molecule has 0 spiro atoms. The van der Waals surface area contributed by atoms with Crippen molar-refractivity contribution in [3.8, 4) is 11.8 Å². The minimum absolute atomic E-state index is 0.297. The Morgan fingerprint density at radius 3 is 2.89 bits per heavy atom. The molecule has 0 saturated carbocycles. The molecule has 0 aliphatic heterocycles. The molecule has 0 fully saturated rings. The molecular formula is C12H11ClN4O. The fourth-order valence-electron chi connectivity index (χ4n) is 1.62. The van der Waals surface area contributed by atoms with Gasteiger partial charge in [-0.05, 0) is 17.7 Å². The average molecular weight is 263 g/mol. The van der Waals surface area contributed by atoms with E-state index in [0.29, 0.717) is 28.7 Å². The summed E-state index contributed by atoms with van der Waals surface area (Å²) in [6, 6.07) is 7.46. The topological polar surface area (TPSA) is 76.9 Å². The van der Waals surface area contributed by atoms with Crippen LogP contribution in [-0.4, -0.2) is 16.9 Å². The smallest absolute Gasteiger partial charge is 0.164 e. The van der Waals surface area contributed by atoms with Crippen LogP contribution < -0.4 is 10.5 Å². The Labute approximate surface area is 109 Å². The van der Waals surface area contributed by atoms with Gasteiger partial charge in [-0.2, -0.15) is 10.4 Å². The summed E-state index contributed by atoms with van der Waals surface area (Å²) in [5, 5.41) is 13.5. The quantitative estimate of drug-likeness (QED) is 0.918. The fourth-order valence-corrected chi connectivity index (χ4v) is 1.77. The maximum Gasteiger partial charge on any atom is 0.164 e. The van der Waals surface area contributed by atoms with Crippen LogP contribution in [0, 0.1) is 11.3 Å². The van der Waals surface area contributed by atoms with Crippen LogP contribution in [0.25, 0.3) is 0 Å². The third-order valence-corrected chi connectivity index (χ3v) is 2.76. The maximum absolute atomic E-state index is 8.99. The Bertz CT molecular complexity index is 596. The van der Waals surface area contributed by atoms with Crippen LogP contribution in [0.4, 0.5) is 5.82 Å². The van der Waals surface area contributed by atoms with Gasteiger partial charge in [0.2, 0.25) is 0 Å². The molecule has 0 radical (unpaired) electrons. The second kappa shape index (κ2) is 4.98. The van der Waals surface area contributed by atoms with E-state index in [2.05, 4.69) is 11.2 Å². The first-order chi connectivity index (χ1) is 8.63. The first kappa shape index (κ1) is 12.3. The second-order valence-electron chi connectivity index (χ2n) is 3.71. The van der Waals surface area contributed by atoms with Gasteiger partial charge < -0.3 is 10.5 Å². The molecule has 0 bridgehead atoms. The lowest BCUT2D eigenvalue weighted by Gasteiger charge is -2.06. The molecule has 0 saturated heterocycles. The van der Waals surface area contributed by atoms with Gasteiger partial charge in [0, 0.05) is 6.20 Å². The predicted molar refractivity (Wildman–Crippen MR) is 68.5 cm³/mol. The molecule has 1 aromatic carbocycles. The zero-order valence-corrected chi connectivity index (χ0v) is 10.5. The van der Waals surface area contributed by atoms with Crippen LogP contribution in [-0.2, 0) is 6.54 Å². The summed E-state index contributed by atoms with van der Waals surface area (Å²) >= 11 is 5.82. The maximum atomic E-state index is 8.99. The molecule has 18 heavy (non-hydrogen) atoms. The monoisotopic (exact) mass is 262 g/mol. The summed E-state index contributed by atoms with van der Waals surface area (Å²) in [5.74, 6) is 0.852. The van der Waals surface area contributed by atoms with Crippen molar-refractivity contribution in [2.24, 2.45) is 0 Å². The Morgan fingerprint density at radius 2 is 2.33 bits per heavy atom. The van der Waals surface area contributed by atoms with Gasteiger partial charge in [0.15, 0.2) is 5.82 Å². The number of nitrogens with two attached hydrogens (primary N) is 1. The first-order valence-corrected chi connectivity index (χ1v) is 5.57. The van der Waals surface area contributed by atoms with Gasteiger partial charge in [0.1, 0.15) is 16.8 Å². The van der Waals surface area contributed by atoms with Crippen LogP contribution >= 0.6 is 11.6 Å². The molecule has 6 heteroatoms.